The first-order chi connectivity index (χ1) is 5.49. The number of hydrogen-bond donors (Lipinski definition) is 1. The molecule has 1 aliphatic carbocycles. The smallest absolute Gasteiger partial charge is 0.310 e. The fourth-order valence-electron chi connectivity index (χ4n) is 1.81. The summed E-state index contributed by atoms with van der Waals surface area (Å²) in [6, 6.07) is 0. The van der Waals surface area contributed by atoms with Gasteiger partial charge < -0.3 is 5.11 Å². The molecule has 0 heterocycles. The first-order valence-corrected chi connectivity index (χ1v) is 4.24. The molecule has 1 rings (SSSR count). The predicted molar refractivity (Wildman–Crippen MR) is 43.8 cm³/mol. The molecular weight excluding hydrogens is 156 g/mol. The summed E-state index contributed by atoms with van der Waals surface area (Å²) in [6.45, 7) is 3.74. The van der Waals surface area contributed by atoms with Crippen LogP contribution in [-0.4, -0.2) is 16.9 Å². The van der Waals surface area contributed by atoms with Gasteiger partial charge in [-0.3, -0.25) is 9.59 Å². The van der Waals surface area contributed by atoms with Gasteiger partial charge in [0.1, 0.15) is 5.78 Å². The van der Waals surface area contributed by atoms with Gasteiger partial charge in [0, 0.05) is 12.8 Å². The van der Waals surface area contributed by atoms with E-state index in [2.05, 4.69) is 0 Å². The van der Waals surface area contributed by atoms with Crippen LogP contribution in [0.25, 0.3) is 0 Å². The van der Waals surface area contributed by atoms with Crippen LogP contribution in [0, 0.1) is 11.3 Å². The number of rotatable bonds is 2. The molecule has 0 aliphatic heterocycles. The lowest BCUT2D eigenvalue weighted by Crippen LogP contribution is -2.33. The second kappa shape index (κ2) is 2.88. The molecule has 0 saturated heterocycles. The molecule has 0 spiro atoms. The van der Waals surface area contributed by atoms with Crippen LogP contribution >= 0.6 is 0 Å². The minimum absolute atomic E-state index is 0.0430. The summed E-state index contributed by atoms with van der Waals surface area (Å²) in [5.41, 5.74) is -0.767. The van der Waals surface area contributed by atoms with E-state index in [0.717, 1.165) is 0 Å². The minimum Gasteiger partial charge on any atom is -0.481 e. The maximum absolute atomic E-state index is 11.0. The maximum Gasteiger partial charge on any atom is 0.310 e. The Morgan fingerprint density at radius 3 is 2.33 bits per heavy atom. The number of carbonyl (C=O) groups is 2. The zero-order valence-electron chi connectivity index (χ0n) is 7.46. The van der Waals surface area contributed by atoms with E-state index in [1.165, 1.54) is 0 Å². The Kier molecular flexibility index (Phi) is 2.22. The molecule has 68 valence electrons. The van der Waals surface area contributed by atoms with Crippen molar-refractivity contribution in [2.75, 3.05) is 0 Å². The third-order valence-corrected chi connectivity index (χ3v) is 2.89. The van der Waals surface area contributed by atoms with Crippen LogP contribution < -0.4 is 0 Å². The molecule has 1 N–H and O–H groups in total. The second-order valence-corrected chi connectivity index (χ2v) is 3.83. The average molecular weight is 170 g/mol. The van der Waals surface area contributed by atoms with Crippen LogP contribution in [0.4, 0.5) is 0 Å². The Morgan fingerprint density at radius 1 is 1.58 bits per heavy atom. The topological polar surface area (TPSA) is 54.4 Å². The zero-order valence-corrected chi connectivity index (χ0v) is 7.46. The molecule has 0 unspecified atom stereocenters. The number of hydrogen-bond acceptors (Lipinski definition) is 2. The van der Waals surface area contributed by atoms with Gasteiger partial charge in [-0.05, 0) is 12.3 Å². The van der Waals surface area contributed by atoms with Crippen molar-refractivity contribution in [3.05, 3.63) is 0 Å². The molecular formula is C9H14O3. The lowest BCUT2D eigenvalue weighted by Gasteiger charge is -2.26. The van der Waals surface area contributed by atoms with Gasteiger partial charge in [0.05, 0.1) is 5.41 Å². The quantitative estimate of drug-likeness (QED) is 0.682. The van der Waals surface area contributed by atoms with Crippen LogP contribution in [0.1, 0.15) is 33.1 Å². The molecule has 1 atom stereocenters. The molecule has 12 heavy (non-hydrogen) atoms. The van der Waals surface area contributed by atoms with Crippen molar-refractivity contribution in [1.29, 1.82) is 0 Å². The van der Waals surface area contributed by atoms with Gasteiger partial charge in [-0.2, -0.15) is 0 Å². The third kappa shape index (κ3) is 1.24. The van der Waals surface area contributed by atoms with Crippen molar-refractivity contribution in [2.45, 2.75) is 33.1 Å². The molecule has 0 aromatic carbocycles. The van der Waals surface area contributed by atoms with E-state index in [1.807, 2.05) is 13.8 Å². The van der Waals surface area contributed by atoms with Crippen LogP contribution in [-0.2, 0) is 9.59 Å². The van der Waals surface area contributed by atoms with Crippen LogP contribution in [0.2, 0.25) is 0 Å². The SMILES string of the molecule is CC(C)[C@@]1(C(=O)O)CCC(=O)C1. The highest BCUT2D eigenvalue weighted by Gasteiger charge is 2.47. The summed E-state index contributed by atoms with van der Waals surface area (Å²) in [7, 11) is 0. The van der Waals surface area contributed by atoms with Gasteiger partial charge in [0.15, 0.2) is 0 Å². The van der Waals surface area contributed by atoms with Gasteiger partial charge in [0.2, 0.25) is 0 Å². The summed E-state index contributed by atoms with van der Waals surface area (Å²) >= 11 is 0. The zero-order chi connectivity index (χ0) is 9.35. The standard InChI is InChI=1S/C9H14O3/c1-6(2)9(8(11)12)4-3-7(10)5-9/h6H,3-5H2,1-2H3,(H,11,12)/t9-/m1/s1. The van der Waals surface area contributed by atoms with Gasteiger partial charge in [0.25, 0.3) is 0 Å². The first-order valence-electron chi connectivity index (χ1n) is 4.24. The molecule has 0 bridgehead atoms. The molecule has 0 radical (unpaired) electrons. The maximum atomic E-state index is 11.0. The fourth-order valence-corrected chi connectivity index (χ4v) is 1.81. The Balaban J connectivity index is 2.89. The number of carboxylic acids is 1. The minimum atomic E-state index is -0.816. The molecule has 1 aliphatic rings. The van der Waals surface area contributed by atoms with E-state index in [-0.39, 0.29) is 18.1 Å². The monoisotopic (exact) mass is 170 g/mol. The largest absolute Gasteiger partial charge is 0.481 e. The van der Waals surface area contributed by atoms with E-state index in [0.29, 0.717) is 12.8 Å². The number of ketones is 1. The van der Waals surface area contributed by atoms with Crippen molar-refractivity contribution in [2.24, 2.45) is 11.3 Å². The van der Waals surface area contributed by atoms with Gasteiger partial charge in [-0.1, -0.05) is 13.8 Å². The van der Waals surface area contributed by atoms with Gasteiger partial charge >= 0.3 is 5.97 Å². The predicted octanol–water partition coefficient (Wildman–Crippen LogP) is 1.47. The Morgan fingerprint density at radius 2 is 2.17 bits per heavy atom. The Bertz CT molecular complexity index is 220. The highest BCUT2D eigenvalue weighted by Crippen LogP contribution is 2.42. The Labute approximate surface area is 71.8 Å². The van der Waals surface area contributed by atoms with E-state index in [4.69, 9.17) is 5.11 Å². The van der Waals surface area contributed by atoms with Gasteiger partial charge in [-0.25, -0.2) is 0 Å². The molecule has 0 aromatic rings. The number of Topliss-reactive ketones (excluding diaryl/α,β-unsaturated/α-hetero) is 1. The first kappa shape index (κ1) is 9.23. The fraction of sp³-hybridized carbons (Fsp3) is 0.778. The van der Waals surface area contributed by atoms with Gasteiger partial charge in [-0.15, -0.1) is 0 Å². The van der Waals surface area contributed by atoms with Crippen molar-refractivity contribution < 1.29 is 14.7 Å². The van der Waals surface area contributed by atoms with Crippen molar-refractivity contribution in [1.82, 2.24) is 0 Å². The summed E-state index contributed by atoms with van der Waals surface area (Å²) < 4.78 is 0. The molecule has 3 heteroatoms. The Hall–Kier alpha value is -0.860. The van der Waals surface area contributed by atoms with E-state index < -0.39 is 11.4 Å². The summed E-state index contributed by atoms with van der Waals surface area (Å²) in [4.78, 5) is 22.0. The molecule has 0 amide bonds. The summed E-state index contributed by atoms with van der Waals surface area (Å²) in [5.74, 6) is -0.684. The van der Waals surface area contributed by atoms with Crippen molar-refractivity contribution >= 4 is 11.8 Å². The molecule has 0 aromatic heterocycles. The van der Waals surface area contributed by atoms with Crippen molar-refractivity contribution in [3.8, 4) is 0 Å². The lowest BCUT2D eigenvalue weighted by atomic mass is 9.76. The number of carbonyl (C=O) groups excluding carboxylic acids is 1. The van der Waals surface area contributed by atoms with E-state index in [1.54, 1.807) is 0 Å². The lowest BCUT2D eigenvalue weighted by molar-refractivity contribution is -0.152. The van der Waals surface area contributed by atoms with Crippen molar-refractivity contribution in [3.63, 3.8) is 0 Å². The molecule has 1 fully saturated rings. The van der Waals surface area contributed by atoms with Crippen LogP contribution in [0.15, 0.2) is 0 Å². The normalized spacial score (nSPS) is 29.8. The van der Waals surface area contributed by atoms with E-state index in [9.17, 15) is 9.59 Å². The van der Waals surface area contributed by atoms with Crippen LogP contribution in [0.5, 0.6) is 0 Å². The average Bonchev–Trinajstić information content (AvgIpc) is 2.32. The summed E-state index contributed by atoms with van der Waals surface area (Å²) in [5, 5.41) is 9.00. The number of carboxylic acid groups (broad SMARTS) is 1. The van der Waals surface area contributed by atoms with E-state index >= 15 is 0 Å². The highest BCUT2D eigenvalue weighted by atomic mass is 16.4. The number of aliphatic carboxylic acids is 1. The molecule has 3 nitrogen and oxygen atoms in total. The molecule has 1 saturated carbocycles. The van der Waals surface area contributed by atoms with Crippen LogP contribution in [0.3, 0.4) is 0 Å². The highest BCUT2D eigenvalue weighted by molar-refractivity contribution is 5.90. The summed E-state index contributed by atoms with van der Waals surface area (Å²) in [6.07, 6.45) is 1.17. The second-order valence-electron chi connectivity index (χ2n) is 3.83. The third-order valence-electron chi connectivity index (χ3n) is 2.89.